The van der Waals surface area contributed by atoms with Gasteiger partial charge in [0, 0.05) is 8.04 Å². The van der Waals surface area contributed by atoms with E-state index in [0.717, 1.165) is 36.5 Å². The summed E-state index contributed by atoms with van der Waals surface area (Å²) in [6.45, 7) is 0.658. The molecule has 0 bridgehead atoms. The smallest absolute Gasteiger partial charge is 0.293 e. The maximum absolute atomic E-state index is 12.9. The number of amides is 2. The van der Waals surface area contributed by atoms with Crippen LogP contribution in [0.15, 0.2) is 76.1 Å². The minimum absolute atomic E-state index is 0.255. The molecule has 1 saturated heterocycles. The first-order valence-electron chi connectivity index (χ1n) is 9.98. The Labute approximate surface area is 218 Å². The lowest BCUT2D eigenvalue weighted by Crippen LogP contribution is -2.27. The molecule has 4 rings (SSSR count). The van der Waals surface area contributed by atoms with Gasteiger partial charge in [0.25, 0.3) is 11.1 Å². The van der Waals surface area contributed by atoms with Crippen molar-refractivity contribution in [1.82, 2.24) is 4.90 Å². The van der Waals surface area contributed by atoms with Gasteiger partial charge in [-0.2, -0.15) is 0 Å². The lowest BCUT2D eigenvalue weighted by molar-refractivity contribution is -0.123. The van der Waals surface area contributed by atoms with E-state index in [-0.39, 0.29) is 17.7 Å². The number of hydrogen-bond acceptors (Lipinski definition) is 5. The van der Waals surface area contributed by atoms with Crippen LogP contribution in [0.25, 0.3) is 6.08 Å². The van der Waals surface area contributed by atoms with Gasteiger partial charge in [-0.3, -0.25) is 14.5 Å². The fraction of sp³-hybridized carbons (Fsp3) is 0.120. The van der Waals surface area contributed by atoms with E-state index in [1.165, 1.54) is 4.90 Å². The first-order chi connectivity index (χ1) is 15.9. The average Bonchev–Trinajstić information content (AvgIpc) is 3.07. The van der Waals surface area contributed by atoms with Crippen molar-refractivity contribution in [2.24, 2.45) is 0 Å². The molecule has 0 radical (unpaired) electrons. The Balaban J connectivity index is 1.47. The van der Waals surface area contributed by atoms with E-state index in [1.807, 2.05) is 54.6 Å². The SMILES string of the molecule is COc1cc(/C=C2\SC(=O)N(Cc3ccc(I)cc3)C2=O)ccc1OCc1ccc(Br)cc1. The van der Waals surface area contributed by atoms with Crippen LogP contribution in [0.4, 0.5) is 4.79 Å². The van der Waals surface area contributed by atoms with Crippen molar-refractivity contribution in [3.63, 3.8) is 0 Å². The third kappa shape index (κ3) is 5.99. The number of nitrogens with zero attached hydrogens (tertiary/aromatic N) is 1. The molecule has 1 aliphatic heterocycles. The summed E-state index contributed by atoms with van der Waals surface area (Å²) in [5.74, 6) is 0.862. The van der Waals surface area contributed by atoms with Crippen LogP contribution in [-0.4, -0.2) is 23.2 Å². The van der Waals surface area contributed by atoms with Gasteiger partial charge in [-0.1, -0.05) is 46.3 Å². The van der Waals surface area contributed by atoms with E-state index < -0.39 is 0 Å². The van der Waals surface area contributed by atoms with E-state index >= 15 is 0 Å². The Morgan fingerprint density at radius 2 is 1.67 bits per heavy atom. The average molecular weight is 636 g/mol. The van der Waals surface area contributed by atoms with Gasteiger partial charge in [-0.15, -0.1) is 0 Å². The zero-order valence-corrected chi connectivity index (χ0v) is 22.1. The van der Waals surface area contributed by atoms with Crippen LogP contribution < -0.4 is 9.47 Å². The quantitative estimate of drug-likeness (QED) is 0.209. The van der Waals surface area contributed by atoms with Gasteiger partial charge in [-0.05, 0) is 93.5 Å². The Bertz CT molecular complexity index is 1210. The highest BCUT2D eigenvalue weighted by atomic mass is 127. The molecule has 168 valence electrons. The molecule has 0 saturated carbocycles. The van der Waals surface area contributed by atoms with Gasteiger partial charge in [0.05, 0.1) is 18.6 Å². The molecular formula is C25H19BrINO4S. The van der Waals surface area contributed by atoms with Crippen LogP contribution >= 0.6 is 50.3 Å². The molecule has 0 unspecified atom stereocenters. The summed E-state index contributed by atoms with van der Waals surface area (Å²) in [6, 6.07) is 21.1. The standard InChI is InChI=1S/C25H19BrINO4S/c1-31-22-12-18(6-11-21(22)32-15-17-2-7-19(26)8-3-17)13-23-24(29)28(25(30)33-23)14-16-4-9-20(27)10-5-16/h2-13H,14-15H2,1H3/b23-13-. The third-order valence-corrected chi connectivity index (χ3v) is 7.08. The summed E-state index contributed by atoms with van der Waals surface area (Å²) >= 11 is 6.59. The predicted molar refractivity (Wildman–Crippen MR) is 142 cm³/mol. The lowest BCUT2D eigenvalue weighted by Gasteiger charge is -2.12. The van der Waals surface area contributed by atoms with Crippen molar-refractivity contribution in [2.75, 3.05) is 7.11 Å². The summed E-state index contributed by atoms with van der Waals surface area (Å²) in [4.78, 5) is 27.0. The molecule has 0 atom stereocenters. The van der Waals surface area contributed by atoms with Crippen LogP contribution in [0, 0.1) is 3.57 Å². The summed E-state index contributed by atoms with van der Waals surface area (Å²) in [7, 11) is 1.57. The highest BCUT2D eigenvalue weighted by Gasteiger charge is 2.35. The normalized spacial score (nSPS) is 14.8. The van der Waals surface area contributed by atoms with E-state index in [4.69, 9.17) is 9.47 Å². The zero-order chi connectivity index (χ0) is 23.4. The molecule has 3 aromatic carbocycles. The van der Waals surface area contributed by atoms with E-state index in [1.54, 1.807) is 25.3 Å². The van der Waals surface area contributed by atoms with Crippen molar-refractivity contribution < 1.29 is 19.1 Å². The number of thioether (sulfide) groups is 1. The van der Waals surface area contributed by atoms with Crippen molar-refractivity contribution in [1.29, 1.82) is 0 Å². The molecular weight excluding hydrogens is 617 g/mol. The summed E-state index contributed by atoms with van der Waals surface area (Å²) < 4.78 is 13.5. The highest BCUT2D eigenvalue weighted by molar-refractivity contribution is 14.1. The minimum atomic E-state index is -0.293. The molecule has 0 aliphatic carbocycles. The molecule has 1 aliphatic rings. The third-order valence-electron chi connectivity index (χ3n) is 4.92. The number of imide groups is 1. The van der Waals surface area contributed by atoms with E-state index in [0.29, 0.717) is 23.0 Å². The molecule has 0 N–H and O–H groups in total. The van der Waals surface area contributed by atoms with E-state index in [9.17, 15) is 9.59 Å². The second-order valence-corrected chi connectivity index (χ2v) is 10.4. The van der Waals surface area contributed by atoms with Crippen LogP contribution in [0.2, 0.25) is 0 Å². The summed E-state index contributed by atoms with van der Waals surface area (Å²) in [6.07, 6.45) is 1.71. The molecule has 1 fully saturated rings. The molecule has 5 nitrogen and oxygen atoms in total. The van der Waals surface area contributed by atoms with Crippen molar-refractivity contribution in [3.05, 3.63) is 96.4 Å². The zero-order valence-electron chi connectivity index (χ0n) is 17.6. The largest absolute Gasteiger partial charge is 0.493 e. The maximum Gasteiger partial charge on any atom is 0.293 e. The Hall–Kier alpha value is -2.30. The number of halogens is 2. The molecule has 3 aromatic rings. The topological polar surface area (TPSA) is 55.8 Å². The molecule has 8 heteroatoms. The second kappa shape index (κ2) is 10.8. The van der Waals surface area contributed by atoms with Crippen molar-refractivity contribution in [3.8, 4) is 11.5 Å². The van der Waals surface area contributed by atoms with Crippen molar-refractivity contribution in [2.45, 2.75) is 13.2 Å². The van der Waals surface area contributed by atoms with Gasteiger partial charge in [-0.25, -0.2) is 0 Å². The minimum Gasteiger partial charge on any atom is -0.493 e. The molecule has 1 heterocycles. The molecule has 33 heavy (non-hydrogen) atoms. The number of ether oxygens (including phenoxy) is 2. The molecule has 0 aromatic heterocycles. The Kier molecular flexibility index (Phi) is 7.77. The van der Waals surface area contributed by atoms with E-state index in [2.05, 4.69) is 38.5 Å². The van der Waals surface area contributed by atoms with Crippen LogP contribution in [0.1, 0.15) is 16.7 Å². The number of rotatable bonds is 7. The summed E-state index contributed by atoms with van der Waals surface area (Å²) in [5, 5.41) is -0.272. The highest BCUT2D eigenvalue weighted by Crippen LogP contribution is 2.35. The number of methoxy groups -OCH3 is 1. The van der Waals surface area contributed by atoms with Crippen molar-refractivity contribution >= 4 is 67.5 Å². The van der Waals surface area contributed by atoms with Crippen LogP contribution in [-0.2, 0) is 17.9 Å². The molecule has 0 spiro atoms. The Morgan fingerprint density at radius 1 is 0.970 bits per heavy atom. The van der Waals surface area contributed by atoms with Gasteiger partial charge >= 0.3 is 0 Å². The fourth-order valence-electron chi connectivity index (χ4n) is 3.19. The van der Waals surface area contributed by atoms with Gasteiger partial charge in [0.1, 0.15) is 6.61 Å². The van der Waals surface area contributed by atoms with Gasteiger partial charge in [0.15, 0.2) is 11.5 Å². The first-order valence-corrected chi connectivity index (χ1v) is 12.7. The van der Waals surface area contributed by atoms with Crippen LogP contribution in [0.3, 0.4) is 0 Å². The number of carbonyl (C=O) groups excluding carboxylic acids is 2. The molecule has 2 amide bonds. The second-order valence-electron chi connectivity index (χ2n) is 7.22. The Morgan fingerprint density at radius 3 is 2.36 bits per heavy atom. The number of benzene rings is 3. The maximum atomic E-state index is 12.9. The lowest BCUT2D eigenvalue weighted by atomic mass is 10.1. The fourth-order valence-corrected chi connectivity index (χ4v) is 4.66. The predicted octanol–water partition coefficient (Wildman–Crippen LogP) is 6.88. The monoisotopic (exact) mass is 635 g/mol. The van der Waals surface area contributed by atoms with Gasteiger partial charge in [0.2, 0.25) is 0 Å². The van der Waals surface area contributed by atoms with Crippen LogP contribution in [0.5, 0.6) is 11.5 Å². The number of carbonyl (C=O) groups is 2. The summed E-state index contributed by atoms with van der Waals surface area (Å²) in [5.41, 5.74) is 2.70. The first kappa shape index (κ1) is 23.8. The number of hydrogen-bond donors (Lipinski definition) is 0. The van der Waals surface area contributed by atoms with Gasteiger partial charge < -0.3 is 9.47 Å².